The number of anilines is 1. The smallest absolute Gasteiger partial charge is 0.122 e. The molecule has 2 heterocycles. The van der Waals surface area contributed by atoms with Crippen LogP contribution in [0.1, 0.15) is 36.9 Å². The molecule has 0 unspecified atom stereocenters. The van der Waals surface area contributed by atoms with Gasteiger partial charge in [-0.3, -0.25) is 4.98 Å². The summed E-state index contributed by atoms with van der Waals surface area (Å²) in [7, 11) is 0. The van der Waals surface area contributed by atoms with Crippen molar-refractivity contribution in [2.24, 2.45) is 0 Å². The molecule has 4 heteroatoms. The number of halogens is 1. The number of rotatable bonds is 4. The van der Waals surface area contributed by atoms with Crippen LogP contribution in [0, 0.1) is 6.92 Å². The number of pyridine rings is 1. The molecular formula is C23H27ClN2O. The predicted molar refractivity (Wildman–Crippen MR) is 115 cm³/mol. The van der Waals surface area contributed by atoms with Crippen LogP contribution in [0.2, 0.25) is 0 Å². The van der Waals surface area contributed by atoms with E-state index in [1.165, 1.54) is 42.3 Å². The molecule has 1 saturated heterocycles. The van der Waals surface area contributed by atoms with Crippen molar-refractivity contribution in [2.75, 3.05) is 18.0 Å². The molecule has 0 aliphatic carbocycles. The highest BCUT2D eigenvalue weighted by atomic mass is 35.5. The normalized spacial score (nSPS) is 14.5. The molecule has 0 amide bonds. The summed E-state index contributed by atoms with van der Waals surface area (Å²) in [6.45, 7) is 4.95. The Morgan fingerprint density at radius 1 is 0.926 bits per heavy atom. The van der Waals surface area contributed by atoms with Gasteiger partial charge in [0.05, 0.1) is 5.52 Å². The van der Waals surface area contributed by atoms with E-state index in [4.69, 9.17) is 9.72 Å². The van der Waals surface area contributed by atoms with Crippen LogP contribution in [0.5, 0.6) is 5.75 Å². The summed E-state index contributed by atoms with van der Waals surface area (Å²) >= 11 is 0. The summed E-state index contributed by atoms with van der Waals surface area (Å²) in [4.78, 5) is 7.30. The zero-order valence-corrected chi connectivity index (χ0v) is 16.7. The van der Waals surface area contributed by atoms with Crippen molar-refractivity contribution < 1.29 is 4.74 Å². The number of aromatic nitrogens is 1. The minimum atomic E-state index is 0. The van der Waals surface area contributed by atoms with E-state index >= 15 is 0 Å². The first kappa shape index (κ1) is 19.5. The van der Waals surface area contributed by atoms with Crippen LogP contribution in [0.4, 0.5) is 5.69 Å². The Morgan fingerprint density at radius 2 is 1.67 bits per heavy atom. The molecule has 0 spiro atoms. The topological polar surface area (TPSA) is 25.4 Å². The standard InChI is InChI=1S/C23H26N2O.ClH/c1-18-15-23(25-13-7-2-3-8-14-25)21-12-11-20(16-22(21)24-18)26-17-19-9-5-4-6-10-19;/h4-6,9-12,15-16H,2-3,7-8,13-14,17H2,1H3;1H. The van der Waals surface area contributed by atoms with Crippen LogP contribution >= 0.6 is 12.4 Å². The van der Waals surface area contributed by atoms with Gasteiger partial charge in [0.2, 0.25) is 0 Å². The molecule has 3 aromatic rings. The second-order valence-corrected chi connectivity index (χ2v) is 7.14. The van der Waals surface area contributed by atoms with Crippen molar-refractivity contribution >= 4 is 29.0 Å². The van der Waals surface area contributed by atoms with Crippen molar-refractivity contribution in [3.8, 4) is 5.75 Å². The zero-order valence-electron chi connectivity index (χ0n) is 15.9. The van der Waals surface area contributed by atoms with Crippen LogP contribution in [-0.4, -0.2) is 18.1 Å². The van der Waals surface area contributed by atoms with Gasteiger partial charge in [-0.15, -0.1) is 12.4 Å². The Bertz CT molecular complexity index is 874. The third kappa shape index (κ3) is 4.72. The summed E-state index contributed by atoms with van der Waals surface area (Å²) < 4.78 is 5.99. The average Bonchev–Trinajstić information content (AvgIpc) is 2.95. The van der Waals surface area contributed by atoms with E-state index in [9.17, 15) is 0 Å². The number of benzene rings is 2. The first-order chi connectivity index (χ1) is 12.8. The Kier molecular flexibility index (Phi) is 6.57. The van der Waals surface area contributed by atoms with E-state index in [1.54, 1.807) is 0 Å². The van der Waals surface area contributed by atoms with Gasteiger partial charge in [-0.2, -0.15) is 0 Å². The Hall–Kier alpha value is -2.26. The molecule has 2 aromatic carbocycles. The fourth-order valence-corrected chi connectivity index (χ4v) is 3.72. The maximum Gasteiger partial charge on any atom is 0.122 e. The molecule has 142 valence electrons. The van der Waals surface area contributed by atoms with E-state index < -0.39 is 0 Å². The van der Waals surface area contributed by atoms with Crippen molar-refractivity contribution in [1.29, 1.82) is 0 Å². The number of ether oxygens (including phenoxy) is 1. The highest BCUT2D eigenvalue weighted by molar-refractivity contribution is 5.92. The average molecular weight is 383 g/mol. The van der Waals surface area contributed by atoms with Gasteiger partial charge in [0.15, 0.2) is 0 Å². The molecule has 0 N–H and O–H groups in total. The van der Waals surface area contributed by atoms with Gasteiger partial charge in [-0.25, -0.2) is 0 Å². The van der Waals surface area contributed by atoms with Crippen molar-refractivity contribution in [2.45, 2.75) is 39.2 Å². The lowest BCUT2D eigenvalue weighted by molar-refractivity contribution is 0.306. The van der Waals surface area contributed by atoms with E-state index in [2.05, 4.69) is 48.2 Å². The van der Waals surface area contributed by atoms with Crippen molar-refractivity contribution in [3.05, 3.63) is 65.9 Å². The molecule has 0 saturated carbocycles. The van der Waals surface area contributed by atoms with Crippen LogP contribution in [0.15, 0.2) is 54.6 Å². The van der Waals surface area contributed by atoms with E-state index in [0.717, 1.165) is 30.0 Å². The fraction of sp³-hybridized carbons (Fsp3) is 0.348. The number of hydrogen-bond donors (Lipinski definition) is 0. The summed E-state index contributed by atoms with van der Waals surface area (Å²) in [5, 5.41) is 1.23. The lowest BCUT2D eigenvalue weighted by Gasteiger charge is -2.24. The quantitative estimate of drug-likeness (QED) is 0.559. The van der Waals surface area contributed by atoms with Gasteiger partial charge in [-0.05, 0) is 43.5 Å². The van der Waals surface area contributed by atoms with Gasteiger partial charge in [-0.1, -0.05) is 43.2 Å². The van der Waals surface area contributed by atoms with E-state index in [-0.39, 0.29) is 12.4 Å². The first-order valence-corrected chi connectivity index (χ1v) is 9.63. The number of nitrogens with zero attached hydrogens (tertiary/aromatic N) is 2. The van der Waals surface area contributed by atoms with E-state index in [1.807, 2.05) is 18.2 Å². The summed E-state index contributed by atoms with van der Waals surface area (Å²) in [5.74, 6) is 0.876. The van der Waals surface area contributed by atoms with Crippen LogP contribution in [-0.2, 0) is 6.61 Å². The SMILES string of the molecule is Cc1cc(N2CCCCCC2)c2ccc(OCc3ccccc3)cc2n1.Cl. The van der Waals surface area contributed by atoms with Gasteiger partial charge in [0, 0.05) is 35.9 Å². The molecule has 0 atom stereocenters. The first-order valence-electron chi connectivity index (χ1n) is 9.63. The second-order valence-electron chi connectivity index (χ2n) is 7.14. The molecule has 1 aliphatic rings. The largest absolute Gasteiger partial charge is 0.489 e. The van der Waals surface area contributed by atoms with Crippen LogP contribution in [0.25, 0.3) is 10.9 Å². The molecule has 1 aliphatic heterocycles. The highest BCUT2D eigenvalue weighted by Crippen LogP contribution is 2.31. The zero-order chi connectivity index (χ0) is 17.8. The summed E-state index contributed by atoms with van der Waals surface area (Å²) in [6.07, 6.45) is 5.24. The lowest BCUT2D eigenvalue weighted by Crippen LogP contribution is -2.24. The maximum absolute atomic E-state index is 5.99. The number of hydrogen-bond acceptors (Lipinski definition) is 3. The molecule has 0 radical (unpaired) electrons. The van der Waals surface area contributed by atoms with Crippen molar-refractivity contribution in [1.82, 2.24) is 4.98 Å². The van der Waals surface area contributed by atoms with Crippen molar-refractivity contribution in [3.63, 3.8) is 0 Å². The molecule has 1 aromatic heterocycles. The molecule has 0 bridgehead atoms. The molecular weight excluding hydrogens is 356 g/mol. The Labute approximate surface area is 167 Å². The van der Waals surface area contributed by atoms with Gasteiger partial charge >= 0.3 is 0 Å². The molecule has 4 rings (SSSR count). The van der Waals surface area contributed by atoms with Gasteiger partial charge < -0.3 is 9.64 Å². The lowest BCUT2D eigenvalue weighted by atomic mass is 10.1. The molecule has 1 fully saturated rings. The number of aryl methyl sites for hydroxylation is 1. The van der Waals surface area contributed by atoms with Gasteiger partial charge in [0.25, 0.3) is 0 Å². The van der Waals surface area contributed by atoms with Crippen LogP contribution < -0.4 is 9.64 Å². The maximum atomic E-state index is 5.99. The number of fused-ring (bicyclic) bond motifs is 1. The summed E-state index contributed by atoms with van der Waals surface area (Å²) in [6, 6.07) is 18.8. The predicted octanol–water partition coefficient (Wildman–Crippen LogP) is 5.92. The Balaban J connectivity index is 0.00000210. The third-order valence-corrected chi connectivity index (χ3v) is 5.08. The minimum absolute atomic E-state index is 0. The third-order valence-electron chi connectivity index (χ3n) is 5.08. The monoisotopic (exact) mass is 382 g/mol. The molecule has 3 nitrogen and oxygen atoms in total. The van der Waals surface area contributed by atoms with Gasteiger partial charge in [0.1, 0.15) is 12.4 Å². The second kappa shape index (κ2) is 9.09. The highest BCUT2D eigenvalue weighted by Gasteiger charge is 2.14. The fourth-order valence-electron chi connectivity index (χ4n) is 3.72. The van der Waals surface area contributed by atoms with Crippen LogP contribution in [0.3, 0.4) is 0 Å². The molecule has 27 heavy (non-hydrogen) atoms. The summed E-state index contributed by atoms with van der Waals surface area (Å²) in [5.41, 5.74) is 4.59. The Morgan fingerprint density at radius 3 is 2.41 bits per heavy atom. The van der Waals surface area contributed by atoms with E-state index in [0.29, 0.717) is 6.61 Å². The minimum Gasteiger partial charge on any atom is -0.489 e.